The number of rotatable bonds is 63. The van der Waals surface area contributed by atoms with Crippen LogP contribution in [-0.2, 0) is 23.8 Å². The van der Waals surface area contributed by atoms with Gasteiger partial charge in [0.05, 0.1) is 6.61 Å². The van der Waals surface area contributed by atoms with Crippen LogP contribution in [-0.4, -0.2) is 37.9 Å². The molecule has 0 spiro atoms. The van der Waals surface area contributed by atoms with E-state index in [1.165, 1.54) is 315 Å². The highest BCUT2D eigenvalue weighted by Crippen LogP contribution is 2.18. The molecular weight excluding hydrogens is 885 g/mol. The van der Waals surface area contributed by atoms with E-state index < -0.39 is 6.10 Å². The molecule has 1 unspecified atom stereocenters. The van der Waals surface area contributed by atoms with Gasteiger partial charge in [-0.05, 0) is 44.9 Å². The summed E-state index contributed by atoms with van der Waals surface area (Å²) in [5.74, 6) is -0.366. The average Bonchev–Trinajstić information content (AvgIpc) is 3.38. The van der Waals surface area contributed by atoms with Gasteiger partial charge < -0.3 is 14.2 Å². The van der Waals surface area contributed by atoms with Crippen molar-refractivity contribution in [2.45, 2.75) is 386 Å². The summed E-state index contributed by atoms with van der Waals surface area (Å²) >= 11 is 0. The monoisotopic (exact) mass is 1010 g/mol. The number of carbonyl (C=O) groups excluding carboxylic acids is 2. The third-order valence-corrected chi connectivity index (χ3v) is 15.3. The predicted molar refractivity (Wildman–Crippen MR) is 316 cm³/mol. The van der Waals surface area contributed by atoms with E-state index in [-0.39, 0.29) is 18.5 Å². The van der Waals surface area contributed by atoms with Gasteiger partial charge in [0.1, 0.15) is 6.61 Å². The fourth-order valence-electron chi connectivity index (χ4n) is 10.3. The van der Waals surface area contributed by atoms with Gasteiger partial charge in [-0.2, -0.15) is 0 Å². The summed E-state index contributed by atoms with van der Waals surface area (Å²) in [5, 5.41) is 0. The number of allylic oxidation sites excluding steroid dienone is 2. The zero-order valence-electron chi connectivity index (χ0n) is 49.5. The third-order valence-electron chi connectivity index (χ3n) is 15.3. The predicted octanol–water partition coefficient (Wildman–Crippen LogP) is 22.9. The summed E-state index contributed by atoms with van der Waals surface area (Å²) in [5.41, 5.74) is 0. The Hall–Kier alpha value is -1.36. The molecule has 0 aliphatic rings. The van der Waals surface area contributed by atoms with Gasteiger partial charge in [-0.1, -0.05) is 335 Å². The normalized spacial score (nSPS) is 12.1. The number of unbranched alkanes of at least 4 members (excludes halogenated alkanes) is 50. The highest BCUT2D eigenvalue weighted by Gasteiger charge is 2.18. The summed E-state index contributed by atoms with van der Waals surface area (Å²) < 4.78 is 17.6. The Bertz CT molecular complexity index is 1060. The minimum atomic E-state index is -0.529. The molecule has 0 bridgehead atoms. The van der Waals surface area contributed by atoms with Crippen molar-refractivity contribution in [3.8, 4) is 0 Å². The molecule has 5 nitrogen and oxygen atoms in total. The zero-order valence-corrected chi connectivity index (χ0v) is 49.5. The Morgan fingerprint density at radius 1 is 0.292 bits per heavy atom. The molecule has 72 heavy (non-hydrogen) atoms. The van der Waals surface area contributed by atoms with Gasteiger partial charge in [0.25, 0.3) is 0 Å². The van der Waals surface area contributed by atoms with Gasteiger partial charge in [-0.25, -0.2) is 0 Å². The van der Waals surface area contributed by atoms with E-state index in [9.17, 15) is 9.59 Å². The SMILES string of the molecule is CCCCCCCC/C=C\CCCCCCCCCCCC(=O)OCC(COCCCCCCCCCCCCCCCCCCCCCC)OC(=O)CCCCCCCCCCCCCCCCCCC. The molecule has 0 fully saturated rings. The summed E-state index contributed by atoms with van der Waals surface area (Å²) in [7, 11) is 0. The van der Waals surface area contributed by atoms with Crippen molar-refractivity contribution in [1.29, 1.82) is 0 Å². The second-order valence-electron chi connectivity index (χ2n) is 22.7. The molecule has 0 aliphatic carbocycles. The summed E-state index contributed by atoms with van der Waals surface area (Å²) in [6.45, 7) is 7.93. The Morgan fingerprint density at radius 3 is 0.847 bits per heavy atom. The van der Waals surface area contributed by atoms with Gasteiger partial charge in [0.2, 0.25) is 0 Å². The van der Waals surface area contributed by atoms with Crippen molar-refractivity contribution in [2.24, 2.45) is 0 Å². The summed E-state index contributed by atoms with van der Waals surface area (Å²) in [6.07, 6.45) is 76.9. The molecule has 0 aliphatic heterocycles. The number of hydrogen-bond donors (Lipinski definition) is 0. The molecule has 0 saturated heterocycles. The third kappa shape index (κ3) is 61.2. The molecule has 0 rings (SSSR count). The van der Waals surface area contributed by atoms with Crippen molar-refractivity contribution in [2.75, 3.05) is 19.8 Å². The summed E-state index contributed by atoms with van der Waals surface area (Å²) in [4.78, 5) is 25.6. The van der Waals surface area contributed by atoms with Crippen LogP contribution in [0.5, 0.6) is 0 Å². The second kappa shape index (κ2) is 63.9. The lowest BCUT2D eigenvalue weighted by Crippen LogP contribution is -2.30. The van der Waals surface area contributed by atoms with E-state index in [0.29, 0.717) is 26.1 Å². The molecule has 1 atom stereocenters. The van der Waals surface area contributed by atoms with Gasteiger partial charge in [-0.3, -0.25) is 9.59 Å². The second-order valence-corrected chi connectivity index (χ2v) is 22.7. The van der Waals surface area contributed by atoms with Crippen LogP contribution >= 0.6 is 0 Å². The maximum Gasteiger partial charge on any atom is 0.306 e. The number of esters is 2. The fraction of sp³-hybridized carbons (Fsp3) is 0.940. The van der Waals surface area contributed by atoms with Crippen molar-refractivity contribution < 1.29 is 23.8 Å². The first-order valence-corrected chi connectivity index (χ1v) is 33.2. The molecule has 0 aromatic carbocycles. The Morgan fingerprint density at radius 2 is 0.542 bits per heavy atom. The average molecular weight is 1020 g/mol. The van der Waals surface area contributed by atoms with Gasteiger partial charge in [-0.15, -0.1) is 0 Å². The van der Waals surface area contributed by atoms with Crippen molar-refractivity contribution in [3.63, 3.8) is 0 Å². The van der Waals surface area contributed by atoms with E-state index in [1.807, 2.05) is 0 Å². The van der Waals surface area contributed by atoms with Gasteiger partial charge >= 0.3 is 11.9 Å². The number of carbonyl (C=O) groups is 2. The Balaban J connectivity index is 4.19. The number of hydrogen-bond acceptors (Lipinski definition) is 5. The number of ether oxygens (including phenoxy) is 3. The Labute approximate surface area is 452 Å². The molecule has 428 valence electrons. The molecule has 0 amide bonds. The standard InChI is InChI=1S/C67H130O5/c1-4-7-10-13-16-19-22-25-28-31-33-35-38-41-44-47-50-53-56-59-62-70-63-65(72-67(69)61-58-55-52-49-46-43-40-36-30-27-24-21-18-15-12-9-6-3)64-71-66(68)60-57-54-51-48-45-42-39-37-34-32-29-26-23-20-17-14-11-8-5-2/h26,29,65H,4-25,27-28,30-64H2,1-3H3/b29-26-. The van der Waals surface area contributed by atoms with Crippen LogP contribution in [0.15, 0.2) is 12.2 Å². The van der Waals surface area contributed by atoms with Crippen LogP contribution in [0, 0.1) is 0 Å². The highest BCUT2D eigenvalue weighted by atomic mass is 16.6. The van der Waals surface area contributed by atoms with E-state index in [2.05, 4.69) is 32.9 Å². The lowest BCUT2D eigenvalue weighted by atomic mass is 10.0. The van der Waals surface area contributed by atoms with Crippen LogP contribution in [0.3, 0.4) is 0 Å². The van der Waals surface area contributed by atoms with Crippen LogP contribution in [0.2, 0.25) is 0 Å². The maximum absolute atomic E-state index is 12.9. The molecule has 0 radical (unpaired) electrons. The van der Waals surface area contributed by atoms with Crippen LogP contribution < -0.4 is 0 Å². The minimum absolute atomic E-state index is 0.0950. The smallest absolute Gasteiger partial charge is 0.306 e. The van der Waals surface area contributed by atoms with E-state index >= 15 is 0 Å². The van der Waals surface area contributed by atoms with Crippen molar-refractivity contribution >= 4 is 11.9 Å². The lowest BCUT2D eigenvalue weighted by molar-refractivity contribution is -0.163. The highest BCUT2D eigenvalue weighted by molar-refractivity contribution is 5.70. The molecule has 0 aromatic rings. The molecule has 5 heteroatoms. The molecule has 0 saturated carbocycles. The largest absolute Gasteiger partial charge is 0.462 e. The van der Waals surface area contributed by atoms with Crippen LogP contribution in [0.4, 0.5) is 0 Å². The van der Waals surface area contributed by atoms with E-state index in [0.717, 1.165) is 32.1 Å². The van der Waals surface area contributed by atoms with Gasteiger partial charge in [0, 0.05) is 19.4 Å². The first-order valence-electron chi connectivity index (χ1n) is 33.2. The molecule has 0 N–H and O–H groups in total. The van der Waals surface area contributed by atoms with E-state index in [1.54, 1.807) is 0 Å². The molecular formula is C67H130O5. The lowest BCUT2D eigenvalue weighted by Gasteiger charge is -2.18. The minimum Gasteiger partial charge on any atom is -0.462 e. The van der Waals surface area contributed by atoms with Gasteiger partial charge in [0.15, 0.2) is 6.10 Å². The Kier molecular flexibility index (Phi) is 62.7. The van der Waals surface area contributed by atoms with Crippen molar-refractivity contribution in [1.82, 2.24) is 0 Å². The van der Waals surface area contributed by atoms with Crippen molar-refractivity contribution in [3.05, 3.63) is 12.2 Å². The molecule has 0 heterocycles. The molecule has 0 aromatic heterocycles. The van der Waals surface area contributed by atoms with E-state index in [4.69, 9.17) is 14.2 Å². The first-order chi connectivity index (χ1) is 35.6. The maximum atomic E-state index is 12.9. The quantitative estimate of drug-likeness (QED) is 0.0345. The topological polar surface area (TPSA) is 61.8 Å². The zero-order chi connectivity index (χ0) is 52.0. The fourth-order valence-corrected chi connectivity index (χ4v) is 10.3. The van der Waals surface area contributed by atoms with Crippen LogP contribution in [0.25, 0.3) is 0 Å². The first kappa shape index (κ1) is 70.6. The van der Waals surface area contributed by atoms with Crippen LogP contribution in [0.1, 0.15) is 380 Å². The summed E-state index contributed by atoms with van der Waals surface area (Å²) in [6, 6.07) is 0.